The van der Waals surface area contributed by atoms with Crippen LogP contribution in [0.1, 0.15) is 35.1 Å². The normalized spacial score (nSPS) is 20.1. The molecule has 1 atom stereocenters. The summed E-state index contributed by atoms with van der Waals surface area (Å²) in [5.74, 6) is 0. The number of nitrogens with zero attached hydrogens (tertiary/aromatic N) is 4. The molecular weight excluding hydrogens is 392 g/mol. The Labute approximate surface area is 181 Å². The Morgan fingerprint density at radius 3 is 3.00 bits per heavy atom. The minimum absolute atomic E-state index is 0.245. The number of pyridine rings is 2. The summed E-state index contributed by atoms with van der Waals surface area (Å²) in [5.41, 5.74) is 6.04. The SMILES string of the molecule is Cc1cc(C)c2nc3c(cc2c1)CN(Cc1cccnc1)C(=NC[C@@H]1CCCO1)S3. The van der Waals surface area contributed by atoms with Gasteiger partial charge in [-0.15, -0.1) is 0 Å². The molecule has 0 saturated carbocycles. The highest BCUT2D eigenvalue weighted by Crippen LogP contribution is 2.35. The quantitative estimate of drug-likeness (QED) is 0.604. The van der Waals surface area contributed by atoms with Crippen LogP contribution < -0.4 is 0 Å². The zero-order valence-electron chi connectivity index (χ0n) is 17.5. The number of aliphatic imine (C=N–C) groups is 1. The minimum Gasteiger partial charge on any atom is -0.376 e. The Balaban J connectivity index is 1.50. The molecule has 0 radical (unpaired) electrons. The second-order valence-corrected chi connectivity index (χ2v) is 9.14. The maximum absolute atomic E-state index is 5.79. The summed E-state index contributed by atoms with van der Waals surface area (Å²) >= 11 is 1.68. The van der Waals surface area contributed by atoms with E-state index < -0.39 is 0 Å². The predicted octanol–water partition coefficient (Wildman–Crippen LogP) is 4.89. The number of aromatic nitrogens is 2. The fourth-order valence-corrected chi connectivity index (χ4v) is 5.20. The van der Waals surface area contributed by atoms with Gasteiger partial charge in [-0.2, -0.15) is 0 Å². The summed E-state index contributed by atoms with van der Waals surface area (Å²) in [5, 5.41) is 3.31. The Hall–Kier alpha value is -2.44. The van der Waals surface area contributed by atoms with Gasteiger partial charge in [0.25, 0.3) is 0 Å². The summed E-state index contributed by atoms with van der Waals surface area (Å²) in [6.07, 6.45) is 6.23. The molecule has 30 heavy (non-hydrogen) atoms. The number of amidine groups is 1. The van der Waals surface area contributed by atoms with E-state index in [2.05, 4.69) is 48.0 Å². The summed E-state index contributed by atoms with van der Waals surface area (Å²) in [6, 6.07) is 10.8. The van der Waals surface area contributed by atoms with Crippen LogP contribution >= 0.6 is 11.8 Å². The third-order valence-electron chi connectivity index (χ3n) is 5.66. The minimum atomic E-state index is 0.245. The van der Waals surface area contributed by atoms with Crippen LogP contribution in [0.3, 0.4) is 0 Å². The molecule has 2 aliphatic heterocycles. The Morgan fingerprint density at radius 2 is 2.20 bits per heavy atom. The van der Waals surface area contributed by atoms with Crippen LogP contribution in [0, 0.1) is 13.8 Å². The molecule has 154 valence electrons. The van der Waals surface area contributed by atoms with Crippen molar-refractivity contribution in [3.05, 3.63) is 65.0 Å². The number of hydrogen-bond donors (Lipinski definition) is 0. The average molecular weight is 419 g/mol. The molecule has 2 aromatic heterocycles. The van der Waals surface area contributed by atoms with Crippen LogP contribution in [0.25, 0.3) is 10.9 Å². The van der Waals surface area contributed by atoms with Gasteiger partial charge in [-0.3, -0.25) is 9.98 Å². The average Bonchev–Trinajstić information content (AvgIpc) is 3.25. The van der Waals surface area contributed by atoms with Crippen LogP contribution in [0.15, 0.2) is 52.7 Å². The molecule has 2 aliphatic rings. The van der Waals surface area contributed by atoms with Gasteiger partial charge in [0.2, 0.25) is 0 Å². The van der Waals surface area contributed by atoms with Crippen LogP contribution in [-0.4, -0.2) is 39.3 Å². The van der Waals surface area contributed by atoms with E-state index in [1.807, 2.05) is 18.5 Å². The van der Waals surface area contributed by atoms with Crippen LogP contribution in [0.4, 0.5) is 0 Å². The van der Waals surface area contributed by atoms with Gasteiger partial charge in [0.1, 0.15) is 5.03 Å². The van der Waals surface area contributed by atoms with Crippen molar-refractivity contribution in [2.24, 2.45) is 4.99 Å². The summed E-state index contributed by atoms with van der Waals surface area (Å²) < 4.78 is 5.79. The standard InChI is InChI=1S/C24H26N4OS/c1-16-9-17(2)22-19(10-16)11-20-15-28(14-18-5-3-7-25-12-18)24(30-23(20)27-22)26-13-21-6-4-8-29-21/h3,5,7,9-12,21H,4,6,8,13-15H2,1-2H3/t21-/m0/s1. The third kappa shape index (κ3) is 4.07. The van der Waals surface area contributed by atoms with Crippen LogP contribution in [0.5, 0.6) is 0 Å². The van der Waals surface area contributed by atoms with Gasteiger partial charge in [-0.1, -0.05) is 17.7 Å². The van der Waals surface area contributed by atoms with Crippen molar-refractivity contribution < 1.29 is 4.74 Å². The molecule has 0 amide bonds. The molecule has 4 heterocycles. The van der Waals surface area contributed by atoms with E-state index in [9.17, 15) is 0 Å². The van der Waals surface area contributed by atoms with Gasteiger partial charge in [-0.25, -0.2) is 4.98 Å². The molecule has 0 unspecified atom stereocenters. The molecule has 0 N–H and O–H groups in total. The highest BCUT2D eigenvalue weighted by Gasteiger charge is 2.25. The van der Waals surface area contributed by atoms with E-state index in [1.54, 1.807) is 11.8 Å². The van der Waals surface area contributed by atoms with E-state index in [-0.39, 0.29) is 6.10 Å². The number of ether oxygens (including phenoxy) is 1. The van der Waals surface area contributed by atoms with Gasteiger partial charge < -0.3 is 9.64 Å². The summed E-state index contributed by atoms with van der Waals surface area (Å²) in [4.78, 5) is 16.6. The predicted molar refractivity (Wildman–Crippen MR) is 122 cm³/mol. The number of hydrogen-bond acceptors (Lipinski definition) is 5. The van der Waals surface area contributed by atoms with Crippen molar-refractivity contribution in [1.29, 1.82) is 0 Å². The van der Waals surface area contributed by atoms with Crippen molar-refractivity contribution in [3.8, 4) is 0 Å². The fourth-order valence-electron chi connectivity index (χ4n) is 4.24. The van der Waals surface area contributed by atoms with Gasteiger partial charge >= 0.3 is 0 Å². The number of aryl methyl sites for hydroxylation is 2. The van der Waals surface area contributed by atoms with E-state index in [1.165, 1.54) is 27.6 Å². The van der Waals surface area contributed by atoms with E-state index >= 15 is 0 Å². The van der Waals surface area contributed by atoms with Crippen LogP contribution in [-0.2, 0) is 17.8 Å². The van der Waals surface area contributed by atoms with Crippen molar-refractivity contribution in [1.82, 2.24) is 14.9 Å². The van der Waals surface area contributed by atoms with Gasteiger partial charge in [-0.05, 0) is 67.8 Å². The lowest BCUT2D eigenvalue weighted by Crippen LogP contribution is -2.32. The Kier molecular flexibility index (Phi) is 5.44. The molecule has 5 rings (SSSR count). The maximum Gasteiger partial charge on any atom is 0.166 e. The van der Waals surface area contributed by atoms with Crippen molar-refractivity contribution in [2.45, 2.75) is 50.9 Å². The zero-order valence-corrected chi connectivity index (χ0v) is 18.3. The second-order valence-electron chi connectivity index (χ2n) is 8.18. The van der Waals surface area contributed by atoms with Crippen molar-refractivity contribution in [3.63, 3.8) is 0 Å². The first kappa shape index (κ1) is 19.5. The number of thioether (sulfide) groups is 1. The smallest absolute Gasteiger partial charge is 0.166 e. The molecule has 1 aromatic carbocycles. The lowest BCUT2D eigenvalue weighted by Gasteiger charge is -2.31. The topological polar surface area (TPSA) is 50.6 Å². The zero-order chi connectivity index (χ0) is 20.5. The summed E-state index contributed by atoms with van der Waals surface area (Å²) in [7, 11) is 0. The molecule has 0 spiro atoms. The molecule has 1 saturated heterocycles. The fraction of sp³-hybridized carbons (Fsp3) is 0.375. The molecule has 1 fully saturated rings. The molecule has 0 bridgehead atoms. The number of fused-ring (bicyclic) bond motifs is 2. The second kappa shape index (κ2) is 8.36. The first-order chi connectivity index (χ1) is 14.7. The number of benzene rings is 1. The Bertz CT molecular complexity index is 1090. The molecule has 0 aliphatic carbocycles. The van der Waals surface area contributed by atoms with E-state index in [0.717, 1.165) is 48.2 Å². The maximum atomic E-state index is 5.79. The largest absolute Gasteiger partial charge is 0.376 e. The molecule has 3 aromatic rings. The van der Waals surface area contributed by atoms with Gasteiger partial charge in [0.15, 0.2) is 5.17 Å². The highest BCUT2D eigenvalue weighted by molar-refractivity contribution is 8.13. The Morgan fingerprint density at radius 1 is 1.27 bits per heavy atom. The van der Waals surface area contributed by atoms with Gasteiger partial charge in [0, 0.05) is 43.0 Å². The summed E-state index contributed by atoms with van der Waals surface area (Å²) in [6.45, 7) is 7.45. The highest BCUT2D eigenvalue weighted by atomic mass is 32.2. The van der Waals surface area contributed by atoms with Crippen molar-refractivity contribution in [2.75, 3.05) is 13.2 Å². The first-order valence-electron chi connectivity index (χ1n) is 10.5. The molecule has 6 heteroatoms. The lowest BCUT2D eigenvalue weighted by atomic mass is 10.1. The van der Waals surface area contributed by atoms with Gasteiger partial charge in [0.05, 0.1) is 18.2 Å². The number of rotatable bonds is 4. The van der Waals surface area contributed by atoms with E-state index in [0.29, 0.717) is 6.54 Å². The molecule has 5 nitrogen and oxygen atoms in total. The van der Waals surface area contributed by atoms with Crippen molar-refractivity contribution >= 4 is 27.8 Å². The monoisotopic (exact) mass is 418 g/mol. The third-order valence-corrected chi connectivity index (χ3v) is 6.78. The lowest BCUT2D eigenvalue weighted by molar-refractivity contribution is 0.117. The first-order valence-corrected chi connectivity index (χ1v) is 11.4. The molecular formula is C24H26N4OS. The van der Waals surface area contributed by atoms with E-state index in [4.69, 9.17) is 14.7 Å². The van der Waals surface area contributed by atoms with Crippen LogP contribution in [0.2, 0.25) is 0 Å².